The second kappa shape index (κ2) is 7.74. The predicted molar refractivity (Wildman–Crippen MR) is 99.7 cm³/mol. The van der Waals surface area contributed by atoms with Crippen LogP contribution in [-0.4, -0.2) is 30.5 Å². The maximum absolute atomic E-state index is 13.6. The van der Waals surface area contributed by atoms with Crippen LogP contribution in [0.25, 0.3) is 22.1 Å². The summed E-state index contributed by atoms with van der Waals surface area (Å²) in [4.78, 5) is 12.5. The van der Waals surface area contributed by atoms with E-state index < -0.39 is 36.2 Å². The number of amides is 1. The van der Waals surface area contributed by atoms with Crippen LogP contribution < -0.4 is 5.32 Å². The third-order valence-electron chi connectivity index (χ3n) is 4.47. The Hall–Kier alpha value is -2.75. The van der Waals surface area contributed by atoms with Crippen LogP contribution in [0.2, 0.25) is 5.02 Å². The molecule has 31 heavy (non-hydrogen) atoms. The minimum Gasteiger partial charge on any atom is -0.450 e. The van der Waals surface area contributed by atoms with E-state index in [1.807, 2.05) is 0 Å². The molecule has 0 saturated heterocycles. The number of hydrogen-bond donors (Lipinski definition) is 1. The molecular weight excluding hydrogens is 455 g/mol. The summed E-state index contributed by atoms with van der Waals surface area (Å²) in [6.45, 7) is -0.508. The van der Waals surface area contributed by atoms with Gasteiger partial charge in [0.1, 0.15) is 5.58 Å². The number of furan rings is 1. The Labute approximate surface area is 175 Å². The SMILES string of the molecule is Cc1ccc2oc(C(=O)NCC(F)(F)C(F)(F)C(F)(F)F)c(-c3ccc(Cl)cc3)c2c1. The molecule has 1 amide bonds. The van der Waals surface area contributed by atoms with Crippen molar-refractivity contribution in [1.82, 2.24) is 5.32 Å². The molecule has 3 aromatic rings. The van der Waals surface area contributed by atoms with Crippen molar-refractivity contribution in [1.29, 1.82) is 0 Å². The number of aryl methyl sites for hydroxylation is 1. The molecule has 1 N–H and O–H groups in total. The highest BCUT2D eigenvalue weighted by molar-refractivity contribution is 6.30. The molecule has 0 bridgehead atoms. The minimum absolute atomic E-state index is 0.152. The molecular formula is C20H13ClF7NO2. The molecule has 0 aliphatic rings. The van der Waals surface area contributed by atoms with Crippen molar-refractivity contribution in [3.63, 3.8) is 0 Å². The zero-order valence-corrected chi connectivity index (χ0v) is 16.3. The van der Waals surface area contributed by atoms with E-state index in [0.717, 1.165) is 5.56 Å². The van der Waals surface area contributed by atoms with Gasteiger partial charge in [0, 0.05) is 16.0 Å². The monoisotopic (exact) mass is 467 g/mol. The highest BCUT2D eigenvalue weighted by Crippen LogP contribution is 2.46. The zero-order chi connectivity index (χ0) is 23.2. The fraction of sp³-hybridized carbons (Fsp3) is 0.250. The van der Waals surface area contributed by atoms with Gasteiger partial charge in [-0.1, -0.05) is 35.4 Å². The summed E-state index contributed by atoms with van der Waals surface area (Å²) in [6, 6.07) is 10.8. The van der Waals surface area contributed by atoms with Crippen LogP contribution in [0.1, 0.15) is 16.1 Å². The number of carbonyl (C=O) groups is 1. The summed E-state index contributed by atoms with van der Waals surface area (Å²) in [7, 11) is 0. The van der Waals surface area contributed by atoms with Crippen molar-refractivity contribution < 1.29 is 39.9 Å². The molecule has 11 heteroatoms. The van der Waals surface area contributed by atoms with Crippen LogP contribution in [0.4, 0.5) is 30.7 Å². The van der Waals surface area contributed by atoms with E-state index in [1.54, 1.807) is 19.1 Å². The third-order valence-corrected chi connectivity index (χ3v) is 4.72. The number of rotatable bonds is 5. The molecule has 0 aliphatic carbocycles. The molecule has 166 valence electrons. The van der Waals surface area contributed by atoms with Crippen molar-refractivity contribution in [2.24, 2.45) is 0 Å². The van der Waals surface area contributed by atoms with E-state index in [9.17, 15) is 35.5 Å². The first-order valence-corrected chi connectivity index (χ1v) is 9.02. The molecule has 3 rings (SSSR count). The maximum atomic E-state index is 13.6. The number of nitrogens with one attached hydrogen (secondary N) is 1. The van der Waals surface area contributed by atoms with Gasteiger partial charge in [-0.3, -0.25) is 4.79 Å². The maximum Gasteiger partial charge on any atom is 0.459 e. The number of halogens is 8. The van der Waals surface area contributed by atoms with Gasteiger partial charge in [-0.05, 0) is 36.8 Å². The summed E-state index contributed by atoms with van der Waals surface area (Å²) in [6.07, 6.45) is -6.49. The first kappa shape index (κ1) is 22.9. The van der Waals surface area contributed by atoms with E-state index in [4.69, 9.17) is 16.0 Å². The fourth-order valence-corrected chi connectivity index (χ4v) is 2.99. The molecule has 0 spiro atoms. The van der Waals surface area contributed by atoms with Crippen molar-refractivity contribution in [2.45, 2.75) is 24.9 Å². The summed E-state index contributed by atoms with van der Waals surface area (Å²) in [5.41, 5.74) is 1.50. The molecule has 0 aliphatic heterocycles. The highest BCUT2D eigenvalue weighted by atomic mass is 35.5. The van der Waals surface area contributed by atoms with Gasteiger partial charge in [0.25, 0.3) is 5.91 Å². The first-order chi connectivity index (χ1) is 14.2. The topological polar surface area (TPSA) is 42.2 Å². The number of carbonyl (C=O) groups excluding carboxylic acids is 1. The third kappa shape index (κ3) is 4.21. The largest absolute Gasteiger partial charge is 0.459 e. The molecule has 0 fully saturated rings. The van der Waals surface area contributed by atoms with Crippen molar-refractivity contribution in [3.05, 3.63) is 58.8 Å². The van der Waals surface area contributed by atoms with Crippen molar-refractivity contribution >= 4 is 28.5 Å². The Balaban J connectivity index is 2.00. The lowest BCUT2D eigenvalue weighted by atomic mass is 10.0. The van der Waals surface area contributed by atoms with Gasteiger partial charge >= 0.3 is 18.0 Å². The number of alkyl halides is 7. The second-order valence-corrected chi connectivity index (χ2v) is 7.21. The van der Waals surface area contributed by atoms with Gasteiger partial charge in [0.15, 0.2) is 0 Å². The average Bonchev–Trinajstić information content (AvgIpc) is 3.04. The molecule has 2 aromatic carbocycles. The van der Waals surface area contributed by atoms with Crippen molar-refractivity contribution in [2.75, 3.05) is 6.54 Å². The van der Waals surface area contributed by atoms with Crippen LogP contribution in [-0.2, 0) is 0 Å². The zero-order valence-electron chi connectivity index (χ0n) is 15.6. The normalized spacial score (nSPS) is 12.9. The van der Waals surface area contributed by atoms with Gasteiger partial charge in [-0.15, -0.1) is 0 Å². The molecule has 1 aromatic heterocycles. The van der Waals surface area contributed by atoms with Gasteiger partial charge in [-0.2, -0.15) is 30.7 Å². The average molecular weight is 468 g/mol. The lowest BCUT2D eigenvalue weighted by molar-refractivity contribution is -0.352. The van der Waals surface area contributed by atoms with E-state index in [1.165, 1.54) is 35.6 Å². The molecule has 0 unspecified atom stereocenters. The highest BCUT2D eigenvalue weighted by Gasteiger charge is 2.72. The number of hydrogen-bond acceptors (Lipinski definition) is 2. The first-order valence-electron chi connectivity index (χ1n) is 8.64. The second-order valence-electron chi connectivity index (χ2n) is 6.77. The molecule has 0 radical (unpaired) electrons. The van der Waals surface area contributed by atoms with Crippen molar-refractivity contribution in [3.8, 4) is 11.1 Å². The predicted octanol–water partition coefficient (Wildman–Crippen LogP) is 6.62. The van der Waals surface area contributed by atoms with Crippen LogP contribution in [0, 0.1) is 6.92 Å². The van der Waals surface area contributed by atoms with Crippen LogP contribution >= 0.6 is 11.6 Å². The van der Waals surface area contributed by atoms with E-state index in [0.29, 0.717) is 16.0 Å². The quantitative estimate of drug-likeness (QED) is 0.428. The van der Waals surface area contributed by atoms with E-state index in [-0.39, 0.29) is 11.1 Å². The van der Waals surface area contributed by atoms with E-state index in [2.05, 4.69) is 0 Å². The van der Waals surface area contributed by atoms with E-state index >= 15 is 0 Å². The molecule has 0 saturated carbocycles. The summed E-state index contributed by atoms with van der Waals surface area (Å²) in [5.74, 6) is -13.8. The van der Waals surface area contributed by atoms with Crippen LogP contribution in [0.5, 0.6) is 0 Å². The van der Waals surface area contributed by atoms with Gasteiger partial charge in [0.05, 0.1) is 6.54 Å². The van der Waals surface area contributed by atoms with Crippen LogP contribution in [0.15, 0.2) is 46.9 Å². The van der Waals surface area contributed by atoms with Gasteiger partial charge < -0.3 is 9.73 Å². The number of fused-ring (bicyclic) bond motifs is 1. The summed E-state index contributed by atoms with van der Waals surface area (Å²) >= 11 is 5.85. The Bertz CT molecular complexity index is 1120. The molecule has 1 heterocycles. The molecule has 0 atom stereocenters. The minimum atomic E-state index is -6.49. The Morgan fingerprint density at radius 3 is 2.19 bits per heavy atom. The van der Waals surface area contributed by atoms with Gasteiger partial charge in [-0.25, -0.2) is 0 Å². The smallest absolute Gasteiger partial charge is 0.450 e. The molecule has 3 nitrogen and oxygen atoms in total. The Kier molecular flexibility index (Phi) is 5.72. The number of benzene rings is 2. The summed E-state index contributed by atoms with van der Waals surface area (Å²) < 4.78 is 95.6. The Morgan fingerprint density at radius 2 is 1.61 bits per heavy atom. The van der Waals surface area contributed by atoms with Crippen LogP contribution in [0.3, 0.4) is 0 Å². The fourth-order valence-electron chi connectivity index (χ4n) is 2.86. The van der Waals surface area contributed by atoms with Gasteiger partial charge in [0.2, 0.25) is 5.76 Å². The lowest BCUT2D eigenvalue weighted by Crippen LogP contribution is -2.56. The standard InChI is InChI=1S/C20H13ClF7NO2/c1-10-2-7-14-13(8-10)15(11-3-5-12(21)6-4-11)16(31-14)17(30)29-9-18(22,23)19(24,25)20(26,27)28/h2-8H,9H2,1H3,(H,29,30). The lowest BCUT2D eigenvalue weighted by Gasteiger charge is -2.28. The Morgan fingerprint density at radius 1 is 1.00 bits per heavy atom. The summed E-state index contributed by atoms with van der Waals surface area (Å²) in [5, 5.41) is 2.21.